The predicted molar refractivity (Wildman–Crippen MR) is 88.0 cm³/mol. The number of thioether (sulfide) groups is 1. The molecular formula is C17H25NO2S. The summed E-state index contributed by atoms with van der Waals surface area (Å²) in [6.07, 6.45) is 4.93. The number of carboxylic acid groups (broad SMARTS) is 1. The van der Waals surface area contributed by atoms with E-state index in [1.54, 1.807) is 0 Å². The molecule has 1 aliphatic rings. The molecule has 2 rings (SSSR count). The monoisotopic (exact) mass is 307 g/mol. The van der Waals surface area contributed by atoms with Gasteiger partial charge in [-0.1, -0.05) is 24.1 Å². The van der Waals surface area contributed by atoms with Crippen LogP contribution in [0.1, 0.15) is 44.6 Å². The summed E-state index contributed by atoms with van der Waals surface area (Å²) < 4.78 is 0. The van der Waals surface area contributed by atoms with Gasteiger partial charge in [0.2, 0.25) is 0 Å². The lowest BCUT2D eigenvalue weighted by molar-refractivity contribution is -0.144. The van der Waals surface area contributed by atoms with Crippen LogP contribution in [-0.4, -0.2) is 28.4 Å². The molecule has 1 atom stereocenters. The van der Waals surface area contributed by atoms with E-state index in [1.165, 1.54) is 10.5 Å². The fourth-order valence-corrected chi connectivity index (χ4v) is 3.42. The summed E-state index contributed by atoms with van der Waals surface area (Å²) in [5.41, 5.74) is 0.530. The summed E-state index contributed by atoms with van der Waals surface area (Å²) in [6, 6.07) is 8.94. The lowest BCUT2D eigenvalue weighted by atomic mass is 9.95. The van der Waals surface area contributed by atoms with E-state index in [0.29, 0.717) is 12.5 Å². The van der Waals surface area contributed by atoms with Crippen molar-refractivity contribution in [3.63, 3.8) is 0 Å². The molecule has 1 aliphatic carbocycles. The molecule has 1 unspecified atom stereocenters. The number of carbonyl (C=O) groups is 1. The topological polar surface area (TPSA) is 49.3 Å². The number of rotatable bonds is 9. The zero-order chi connectivity index (χ0) is 15.3. The number of unbranched alkanes of at least 4 members (excludes halogenated alkanes) is 1. The highest BCUT2D eigenvalue weighted by molar-refractivity contribution is 7.99. The van der Waals surface area contributed by atoms with Crippen molar-refractivity contribution in [1.82, 2.24) is 5.32 Å². The van der Waals surface area contributed by atoms with Crippen molar-refractivity contribution in [3.05, 3.63) is 29.8 Å². The third-order valence-corrected chi connectivity index (χ3v) is 4.98. The first-order chi connectivity index (χ1) is 9.99. The molecule has 1 fully saturated rings. The van der Waals surface area contributed by atoms with Crippen LogP contribution < -0.4 is 5.32 Å². The quantitative estimate of drug-likeness (QED) is 0.537. The Kier molecular flexibility index (Phi) is 5.71. The molecule has 2 N–H and O–H groups in total. The summed E-state index contributed by atoms with van der Waals surface area (Å²) in [6.45, 7) is 3.92. The van der Waals surface area contributed by atoms with E-state index in [9.17, 15) is 9.90 Å². The molecule has 21 heavy (non-hydrogen) atoms. The second-order valence-electron chi connectivity index (χ2n) is 6.18. The lowest BCUT2D eigenvalue weighted by Crippen LogP contribution is -2.50. The third-order valence-electron chi connectivity index (χ3n) is 3.90. The lowest BCUT2D eigenvalue weighted by Gasteiger charge is -2.26. The first-order valence-corrected chi connectivity index (χ1v) is 8.69. The second kappa shape index (κ2) is 7.32. The van der Waals surface area contributed by atoms with E-state index in [1.807, 2.05) is 18.7 Å². The van der Waals surface area contributed by atoms with Crippen molar-refractivity contribution in [2.75, 3.05) is 5.75 Å². The van der Waals surface area contributed by atoms with E-state index in [-0.39, 0.29) is 0 Å². The molecule has 1 saturated carbocycles. The molecule has 0 heterocycles. The summed E-state index contributed by atoms with van der Waals surface area (Å²) in [5, 5.41) is 12.7. The minimum absolute atomic E-state index is 0.424. The van der Waals surface area contributed by atoms with Gasteiger partial charge in [0.1, 0.15) is 5.54 Å². The Morgan fingerprint density at radius 3 is 2.81 bits per heavy atom. The van der Waals surface area contributed by atoms with Crippen molar-refractivity contribution in [2.45, 2.75) is 62.4 Å². The fraction of sp³-hybridized carbons (Fsp3) is 0.588. The highest BCUT2D eigenvalue weighted by atomic mass is 32.2. The highest BCUT2D eigenvalue weighted by Crippen LogP contribution is 2.26. The summed E-state index contributed by atoms with van der Waals surface area (Å²) in [4.78, 5) is 12.7. The standard InChI is InChI=1S/C17H25NO2S/c1-13-6-5-7-15(12-13)21-11-4-3-10-17(2,16(19)20)18-14-8-9-14/h5-7,12,14,18H,3-4,8-11H2,1-2H3,(H,19,20). The normalized spacial score (nSPS) is 17.4. The minimum Gasteiger partial charge on any atom is -0.480 e. The van der Waals surface area contributed by atoms with Gasteiger partial charge >= 0.3 is 5.97 Å². The van der Waals surface area contributed by atoms with Crippen LogP contribution in [0.5, 0.6) is 0 Å². The summed E-state index contributed by atoms with van der Waals surface area (Å²) in [5.74, 6) is 0.323. The average molecular weight is 307 g/mol. The third kappa shape index (κ3) is 5.36. The maximum atomic E-state index is 11.4. The molecule has 4 heteroatoms. The molecule has 3 nitrogen and oxygen atoms in total. The molecule has 0 aromatic heterocycles. The number of hydrogen-bond acceptors (Lipinski definition) is 3. The Morgan fingerprint density at radius 2 is 2.19 bits per heavy atom. The molecule has 0 spiro atoms. The number of aliphatic carboxylic acids is 1. The smallest absolute Gasteiger partial charge is 0.323 e. The first-order valence-electron chi connectivity index (χ1n) is 7.70. The van der Waals surface area contributed by atoms with Crippen molar-refractivity contribution in [3.8, 4) is 0 Å². The number of hydrogen-bond donors (Lipinski definition) is 2. The molecule has 0 bridgehead atoms. The largest absolute Gasteiger partial charge is 0.480 e. The van der Waals surface area contributed by atoms with Gasteiger partial charge < -0.3 is 5.11 Å². The molecule has 1 aromatic rings. The van der Waals surface area contributed by atoms with E-state index in [0.717, 1.165) is 31.4 Å². The molecule has 0 aliphatic heterocycles. The average Bonchev–Trinajstić information content (AvgIpc) is 3.22. The number of aryl methyl sites for hydroxylation is 1. The van der Waals surface area contributed by atoms with E-state index < -0.39 is 11.5 Å². The van der Waals surface area contributed by atoms with Crippen LogP contribution in [0, 0.1) is 6.92 Å². The zero-order valence-electron chi connectivity index (χ0n) is 12.9. The molecular weight excluding hydrogens is 282 g/mol. The van der Waals surface area contributed by atoms with E-state index in [2.05, 4.69) is 36.5 Å². The molecule has 0 radical (unpaired) electrons. The zero-order valence-corrected chi connectivity index (χ0v) is 13.7. The van der Waals surface area contributed by atoms with E-state index in [4.69, 9.17) is 0 Å². The van der Waals surface area contributed by atoms with Crippen molar-refractivity contribution in [2.24, 2.45) is 0 Å². The van der Waals surface area contributed by atoms with Crippen LogP contribution in [0.15, 0.2) is 29.2 Å². The van der Waals surface area contributed by atoms with Crippen LogP contribution in [0.25, 0.3) is 0 Å². The molecule has 1 aromatic carbocycles. The Bertz CT molecular complexity index is 487. The van der Waals surface area contributed by atoms with Crippen LogP contribution >= 0.6 is 11.8 Å². The van der Waals surface area contributed by atoms with Gasteiger partial charge in [0, 0.05) is 10.9 Å². The SMILES string of the molecule is Cc1cccc(SCCCCC(C)(NC2CC2)C(=O)O)c1. The molecule has 0 amide bonds. The van der Waals surface area contributed by atoms with E-state index >= 15 is 0 Å². The molecule has 116 valence electrons. The maximum absolute atomic E-state index is 11.4. The first kappa shape index (κ1) is 16.4. The fourth-order valence-electron chi connectivity index (χ4n) is 2.39. The van der Waals surface area contributed by atoms with Gasteiger partial charge in [-0.2, -0.15) is 0 Å². The summed E-state index contributed by atoms with van der Waals surface area (Å²) >= 11 is 1.85. The number of benzene rings is 1. The van der Waals surface area contributed by atoms with Gasteiger partial charge in [-0.15, -0.1) is 11.8 Å². The van der Waals surface area contributed by atoms with Crippen LogP contribution in [0.2, 0.25) is 0 Å². The van der Waals surface area contributed by atoms with Crippen molar-refractivity contribution in [1.29, 1.82) is 0 Å². The van der Waals surface area contributed by atoms with Gasteiger partial charge in [0.25, 0.3) is 0 Å². The van der Waals surface area contributed by atoms with Crippen LogP contribution in [-0.2, 0) is 4.79 Å². The summed E-state index contributed by atoms with van der Waals surface area (Å²) in [7, 11) is 0. The van der Waals surface area contributed by atoms with Gasteiger partial charge in [-0.25, -0.2) is 0 Å². The Hall–Kier alpha value is -1.00. The minimum atomic E-state index is -0.755. The van der Waals surface area contributed by atoms with Gasteiger partial charge in [-0.3, -0.25) is 10.1 Å². The highest BCUT2D eigenvalue weighted by Gasteiger charge is 2.37. The number of carboxylic acids is 1. The van der Waals surface area contributed by atoms with Gasteiger partial charge in [0.15, 0.2) is 0 Å². The predicted octanol–water partition coefficient (Wildman–Crippen LogP) is 3.85. The Balaban J connectivity index is 1.69. The van der Waals surface area contributed by atoms with Gasteiger partial charge in [-0.05, 0) is 57.4 Å². The maximum Gasteiger partial charge on any atom is 0.323 e. The Labute approximate surface area is 131 Å². The Morgan fingerprint density at radius 1 is 1.43 bits per heavy atom. The number of nitrogens with one attached hydrogen (secondary N) is 1. The van der Waals surface area contributed by atoms with Crippen LogP contribution in [0.3, 0.4) is 0 Å². The molecule has 0 saturated heterocycles. The second-order valence-corrected chi connectivity index (χ2v) is 7.35. The van der Waals surface area contributed by atoms with Crippen LogP contribution in [0.4, 0.5) is 0 Å². The van der Waals surface area contributed by atoms with Crippen molar-refractivity contribution >= 4 is 17.7 Å². The van der Waals surface area contributed by atoms with Gasteiger partial charge in [0.05, 0.1) is 0 Å². The van der Waals surface area contributed by atoms with Crippen molar-refractivity contribution < 1.29 is 9.90 Å².